The molecule has 1 saturated heterocycles. The highest BCUT2D eigenvalue weighted by Crippen LogP contribution is 2.20. The number of phenolic OH excluding ortho intramolecular Hbond substituents is 1. The number of rotatable bonds is 4. The average Bonchev–Trinajstić information content (AvgIpc) is 2.93. The molecule has 0 aliphatic carbocycles. The van der Waals surface area contributed by atoms with Gasteiger partial charge in [0, 0.05) is 25.3 Å². The molecule has 7 heteroatoms. The number of benzene rings is 1. The normalized spacial score (nSPS) is 21.0. The molecular formula is C14H18N2O5. The van der Waals surface area contributed by atoms with Crippen LogP contribution in [0, 0.1) is 0 Å². The van der Waals surface area contributed by atoms with Gasteiger partial charge in [-0.25, -0.2) is 9.59 Å². The number of carboxylic acid groups (broad SMARTS) is 1. The lowest BCUT2D eigenvalue weighted by Gasteiger charge is -2.20. The summed E-state index contributed by atoms with van der Waals surface area (Å²) in [6.45, 7) is 0.256. The van der Waals surface area contributed by atoms with E-state index < -0.39 is 12.1 Å². The molecule has 0 spiro atoms. The molecular weight excluding hydrogens is 276 g/mol. The number of hydrogen-bond donors (Lipinski definition) is 3. The number of hydrogen-bond acceptors (Lipinski definition) is 4. The van der Waals surface area contributed by atoms with Crippen LogP contribution < -0.4 is 10.2 Å². The van der Waals surface area contributed by atoms with E-state index in [-0.39, 0.29) is 24.4 Å². The van der Waals surface area contributed by atoms with Gasteiger partial charge in [0.25, 0.3) is 0 Å². The molecule has 2 unspecified atom stereocenters. The van der Waals surface area contributed by atoms with Crippen molar-refractivity contribution < 1.29 is 24.5 Å². The Hall–Kier alpha value is -2.28. The van der Waals surface area contributed by atoms with E-state index in [1.165, 1.54) is 17.0 Å². The largest absolute Gasteiger partial charge is 0.508 e. The number of aromatic hydroxyl groups is 1. The maximum Gasteiger partial charge on any atom is 0.332 e. The number of nitrogens with one attached hydrogen (secondary N) is 1. The van der Waals surface area contributed by atoms with Crippen molar-refractivity contribution in [2.24, 2.45) is 0 Å². The Bertz CT molecular complexity index is 534. The monoisotopic (exact) mass is 294 g/mol. The molecule has 0 radical (unpaired) electrons. The molecule has 0 aromatic heterocycles. The van der Waals surface area contributed by atoms with Gasteiger partial charge in [0.2, 0.25) is 0 Å². The third kappa shape index (κ3) is 3.85. The standard InChI is InChI=1S/C14H18N2O5/c1-16(9-3-2-4-10(17)7-9)14(20)15-8-11-5-6-12(21-11)13(18)19/h2-4,7,11-12,17H,5-6,8H2,1H3,(H,15,20)(H,18,19). The Balaban J connectivity index is 1.83. The molecule has 114 valence electrons. The number of nitrogens with zero attached hydrogens (tertiary/aromatic N) is 1. The van der Waals surface area contributed by atoms with Crippen LogP contribution >= 0.6 is 0 Å². The van der Waals surface area contributed by atoms with E-state index >= 15 is 0 Å². The first-order chi connectivity index (χ1) is 9.97. The van der Waals surface area contributed by atoms with Gasteiger partial charge in [0.05, 0.1) is 6.10 Å². The van der Waals surface area contributed by atoms with E-state index in [0.29, 0.717) is 18.5 Å². The van der Waals surface area contributed by atoms with Crippen molar-refractivity contribution in [1.82, 2.24) is 5.32 Å². The molecule has 2 amide bonds. The van der Waals surface area contributed by atoms with Crippen LogP contribution in [0.2, 0.25) is 0 Å². The maximum atomic E-state index is 12.0. The summed E-state index contributed by atoms with van der Waals surface area (Å²) in [6.07, 6.45) is -0.00550. The highest BCUT2D eigenvalue weighted by molar-refractivity contribution is 5.91. The summed E-state index contributed by atoms with van der Waals surface area (Å²) in [5.74, 6) is -0.892. The topological polar surface area (TPSA) is 99.1 Å². The molecule has 0 bridgehead atoms. The average molecular weight is 294 g/mol. The number of urea groups is 1. The molecule has 1 fully saturated rings. The minimum Gasteiger partial charge on any atom is -0.508 e. The lowest BCUT2D eigenvalue weighted by molar-refractivity contribution is -0.149. The van der Waals surface area contributed by atoms with Gasteiger partial charge in [-0.3, -0.25) is 4.90 Å². The molecule has 1 aliphatic heterocycles. The van der Waals surface area contributed by atoms with Gasteiger partial charge in [-0.15, -0.1) is 0 Å². The molecule has 1 aliphatic rings. The summed E-state index contributed by atoms with van der Waals surface area (Å²) in [6, 6.07) is 6.00. The van der Waals surface area contributed by atoms with Crippen molar-refractivity contribution in [2.45, 2.75) is 25.0 Å². The van der Waals surface area contributed by atoms with Crippen molar-refractivity contribution in [3.8, 4) is 5.75 Å². The van der Waals surface area contributed by atoms with Crippen molar-refractivity contribution in [3.63, 3.8) is 0 Å². The van der Waals surface area contributed by atoms with Gasteiger partial charge >= 0.3 is 12.0 Å². The van der Waals surface area contributed by atoms with Crippen LogP contribution in [0.25, 0.3) is 0 Å². The number of carboxylic acids is 1. The van der Waals surface area contributed by atoms with E-state index in [1.54, 1.807) is 19.2 Å². The van der Waals surface area contributed by atoms with E-state index in [9.17, 15) is 14.7 Å². The maximum absolute atomic E-state index is 12.0. The van der Waals surface area contributed by atoms with Crippen LogP contribution in [-0.2, 0) is 9.53 Å². The van der Waals surface area contributed by atoms with Crippen molar-refractivity contribution >= 4 is 17.7 Å². The van der Waals surface area contributed by atoms with Gasteiger partial charge in [-0.1, -0.05) is 6.07 Å². The first kappa shape index (κ1) is 15.1. The van der Waals surface area contributed by atoms with Gasteiger partial charge in [0.15, 0.2) is 6.10 Å². The van der Waals surface area contributed by atoms with Gasteiger partial charge in [-0.2, -0.15) is 0 Å². The SMILES string of the molecule is CN(C(=O)NCC1CCC(C(=O)O)O1)c1cccc(O)c1. The Morgan fingerprint density at radius 3 is 2.81 bits per heavy atom. The minimum absolute atomic E-state index is 0.0792. The first-order valence-electron chi connectivity index (χ1n) is 6.66. The van der Waals surface area contributed by atoms with Crippen molar-refractivity contribution in [3.05, 3.63) is 24.3 Å². The molecule has 2 atom stereocenters. The lowest BCUT2D eigenvalue weighted by atomic mass is 10.2. The quantitative estimate of drug-likeness (QED) is 0.774. The summed E-state index contributed by atoms with van der Waals surface area (Å²) >= 11 is 0. The molecule has 21 heavy (non-hydrogen) atoms. The van der Waals surface area contributed by atoms with Crippen molar-refractivity contribution in [2.75, 3.05) is 18.5 Å². The van der Waals surface area contributed by atoms with Crippen LogP contribution in [0.5, 0.6) is 5.75 Å². The van der Waals surface area contributed by atoms with Gasteiger partial charge < -0.3 is 20.3 Å². The number of amides is 2. The van der Waals surface area contributed by atoms with E-state index in [4.69, 9.17) is 9.84 Å². The second-order valence-corrected chi connectivity index (χ2v) is 4.93. The molecule has 1 heterocycles. The van der Waals surface area contributed by atoms with Gasteiger partial charge in [-0.05, 0) is 25.0 Å². The summed E-state index contributed by atoms with van der Waals surface area (Å²) in [5.41, 5.74) is 0.559. The third-order valence-electron chi connectivity index (χ3n) is 3.39. The fraction of sp³-hybridized carbons (Fsp3) is 0.429. The number of anilines is 1. The number of phenols is 1. The second-order valence-electron chi connectivity index (χ2n) is 4.93. The van der Waals surface area contributed by atoms with Crippen LogP contribution in [-0.4, -0.2) is 48.0 Å². The highest BCUT2D eigenvalue weighted by Gasteiger charge is 2.30. The Kier molecular flexibility index (Phi) is 4.64. The molecule has 1 aromatic carbocycles. The Morgan fingerprint density at radius 1 is 1.43 bits per heavy atom. The summed E-state index contributed by atoms with van der Waals surface area (Å²) in [7, 11) is 1.58. The summed E-state index contributed by atoms with van der Waals surface area (Å²) in [4.78, 5) is 24.1. The van der Waals surface area contributed by atoms with E-state index in [0.717, 1.165) is 0 Å². The molecule has 1 aromatic rings. The first-order valence-corrected chi connectivity index (χ1v) is 6.66. The van der Waals surface area contributed by atoms with Crippen molar-refractivity contribution in [1.29, 1.82) is 0 Å². The fourth-order valence-electron chi connectivity index (χ4n) is 2.18. The van der Waals surface area contributed by atoms with E-state index in [1.807, 2.05) is 0 Å². The fourth-order valence-corrected chi connectivity index (χ4v) is 2.18. The smallest absolute Gasteiger partial charge is 0.332 e. The molecule has 0 saturated carbocycles. The molecule has 3 N–H and O–H groups in total. The summed E-state index contributed by atoms with van der Waals surface area (Å²) < 4.78 is 5.31. The second kappa shape index (κ2) is 6.45. The number of ether oxygens (including phenoxy) is 1. The zero-order valence-corrected chi connectivity index (χ0v) is 11.7. The molecule has 2 rings (SSSR count). The number of aliphatic carboxylic acids is 1. The van der Waals surface area contributed by atoms with Crippen LogP contribution in [0.15, 0.2) is 24.3 Å². The van der Waals surface area contributed by atoms with Crippen LogP contribution in [0.3, 0.4) is 0 Å². The number of carbonyl (C=O) groups excluding carboxylic acids is 1. The lowest BCUT2D eigenvalue weighted by Crippen LogP contribution is -2.41. The number of carbonyl (C=O) groups is 2. The predicted octanol–water partition coefficient (Wildman–Crippen LogP) is 1.17. The zero-order chi connectivity index (χ0) is 15.4. The van der Waals surface area contributed by atoms with E-state index in [2.05, 4.69) is 5.32 Å². The van der Waals surface area contributed by atoms with Gasteiger partial charge in [0.1, 0.15) is 5.75 Å². The Morgan fingerprint density at radius 2 is 2.19 bits per heavy atom. The zero-order valence-electron chi connectivity index (χ0n) is 11.7. The van der Waals surface area contributed by atoms with Crippen LogP contribution in [0.1, 0.15) is 12.8 Å². The highest BCUT2D eigenvalue weighted by atomic mass is 16.5. The summed E-state index contributed by atoms with van der Waals surface area (Å²) in [5, 5.41) is 20.9. The Labute approximate surface area is 122 Å². The minimum atomic E-state index is -0.972. The van der Waals surface area contributed by atoms with Crippen LogP contribution in [0.4, 0.5) is 10.5 Å². The predicted molar refractivity (Wildman–Crippen MR) is 75.4 cm³/mol. The third-order valence-corrected chi connectivity index (χ3v) is 3.39. The molecule has 7 nitrogen and oxygen atoms in total.